The van der Waals surface area contributed by atoms with Gasteiger partial charge in [0.2, 0.25) is 5.90 Å². The van der Waals surface area contributed by atoms with Crippen molar-refractivity contribution in [2.75, 3.05) is 13.2 Å². The number of hydrogen-bond acceptors (Lipinski definition) is 5. The van der Waals surface area contributed by atoms with E-state index >= 15 is 0 Å². The maximum Gasteiger partial charge on any atom is 0.363 e. The molecule has 0 aliphatic carbocycles. The second-order valence-corrected chi connectivity index (χ2v) is 7.85. The molecule has 2 aromatic rings. The number of esters is 1. The van der Waals surface area contributed by atoms with Crippen molar-refractivity contribution in [1.29, 1.82) is 0 Å². The molecule has 1 aliphatic heterocycles. The Labute approximate surface area is 184 Å². The summed E-state index contributed by atoms with van der Waals surface area (Å²) in [4.78, 5) is 16.7. The van der Waals surface area contributed by atoms with Crippen molar-refractivity contribution in [1.82, 2.24) is 0 Å². The highest BCUT2D eigenvalue weighted by molar-refractivity contribution is 14.1. The van der Waals surface area contributed by atoms with E-state index in [9.17, 15) is 4.79 Å². The Balaban J connectivity index is 1.89. The summed E-state index contributed by atoms with van der Waals surface area (Å²) >= 11 is 2.26. The van der Waals surface area contributed by atoms with Crippen LogP contribution in [0.25, 0.3) is 6.08 Å². The molecule has 0 atom stereocenters. The zero-order valence-corrected chi connectivity index (χ0v) is 18.8. The number of rotatable bonds is 7. The largest absolute Gasteiger partial charge is 0.490 e. The molecule has 6 heteroatoms. The third kappa shape index (κ3) is 5.26. The predicted molar refractivity (Wildman–Crippen MR) is 122 cm³/mol. The van der Waals surface area contributed by atoms with Crippen molar-refractivity contribution < 1.29 is 19.0 Å². The monoisotopic (exact) mass is 503 g/mol. The summed E-state index contributed by atoms with van der Waals surface area (Å²) in [6.07, 6.45) is 1.68. The fourth-order valence-electron chi connectivity index (χ4n) is 2.67. The summed E-state index contributed by atoms with van der Waals surface area (Å²) in [6.45, 7) is 10.6. The van der Waals surface area contributed by atoms with Gasteiger partial charge < -0.3 is 14.2 Å². The molecule has 1 aliphatic rings. The lowest BCUT2D eigenvalue weighted by atomic mass is 10.1. The first-order valence-corrected chi connectivity index (χ1v) is 10.3. The molecule has 0 unspecified atom stereocenters. The van der Waals surface area contributed by atoms with Crippen LogP contribution in [0.15, 0.2) is 59.2 Å². The van der Waals surface area contributed by atoms with Gasteiger partial charge in [-0.2, -0.15) is 0 Å². The number of ether oxygens (including phenoxy) is 3. The highest BCUT2D eigenvalue weighted by Gasteiger charge is 2.24. The molecule has 3 rings (SSSR count). The molecule has 29 heavy (non-hydrogen) atoms. The van der Waals surface area contributed by atoms with Crippen LogP contribution >= 0.6 is 22.6 Å². The Kier molecular flexibility index (Phi) is 6.74. The molecule has 0 spiro atoms. The smallest absolute Gasteiger partial charge is 0.363 e. The van der Waals surface area contributed by atoms with Crippen LogP contribution in [0, 0.1) is 10.5 Å². The van der Waals surface area contributed by atoms with E-state index in [2.05, 4.69) is 34.2 Å². The van der Waals surface area contributed by atoms with E-state index in [-0.39, 0.29) is 5.70 Å². The molecule has 150 valence electrons. The maximum atomic E-state index is 12.3. The molecule has 1 heterocycles. The average Bonchev–Trinajstić information content (AvgIpc) is 3.04. The third-order valence-electron chi connectivity index (χ3n) is 4.07. The van der Waals surface area contributed by atoms with Crippen LogP contribution in [0.3, 0.4) is 0 Å². The number of benzene rings is 2. The SMILES string of the molecule is C=C(C)COc1ccc(/C=C2\N=C(c3ccc(I)c(C)c3)OC2=O)cc1OCC. The van der Waals surface area contributed by atoms with Crippen molar-refractivity contribution in [2.45, 2.75) is 20.8 Å². The van der Waals surface area contributed by atoms with Crippen LogP contribution in [0.5, 0.6) is 11.5 Å². The molecular weight excluding hydrogens is 481 g/mol. The first-order chi connectivity index (χ1) is 13.9. The van der Waals surface area contributed by atoms with Crippen molar-refractivity contribution in [3.05, 3.63) is 74.5 Å². The molecule has 0 bridgehead atoms. The lowest BCUT2D eigenvalue weighted by Crippen LogP contribution is -2.05. The molecule has 0 aromatic heterocycles. The van der Waals surface area contributed by atoms with Gasteiger partial charge in [0.05, 0.1) is 6.61 Å². The van der Waals surface area contributed by atoms with Gasteiger partial charge in [-0.1, -0.05) is 12.6 Å². The first kappa shape index (κ1) is 21.1. The molecule has 0 N–H and O–H groups in total. The van der Waals surface area contributed by atoms with E-state index in [1.165, 1.54) is 0 Å². The van der Waals surface area contributed by atoms with Crippen molar-refractivity contribution in [2.24, 2.45) is 4.99 Å². The van der Waals surface area contributed by atoms with Gasteiger partial charge in [0.15, 0.2) is 17.2 Å². The lowest BCUT2D eigenvalue weighted by Gasteiger charge is -2.12. The first-order valence-electron chi connectivity index (χ1n) is 9.20. The zero-order chi connectivity index (χ0) is 21.0. The van der Waals surface area contributed by atoms with Gasteiger partial charge in [0.1, 0.15) is 6.61 Å². The number of hydrogen-bond donors (Lipinski definition) is 0. The van der Waals surface area contributed by atoms with Crippen molar-refractivity contribution in [3.63, 3.8) is 0 Å². The van der Waals surface area contributed by atoms with Crippen LogP contribution in [0.4, 0.5) is 0 Å². The van der Waals surface area contributed by atoms with Crippen molar-refractivity contribution in [3.8, 4) is 11.5 Å². The van der Waals surface area contributed by atoms with Crippen molar-refractivity contribution >= 4 is 40.5 Å². The quantitative estimate of drug-likeness (QED) is 0.223. The molecule has 0 radical (unpaired) electrons. The van der Waals surface area contributed by atoms with E-state index in [0.717, 1.165) is 25.8 Å². The highest BCUT2D eigenvalue weighted by atomic mass is 127. The second-order valence-electron chi connectivity index (χ2n) is 6.68. The highest BCUT2D eigenvalue weighted by Crippen LogP contribution is 2.30. The molecule has 2 aromatic carbocycles. The van der Waals surface area contributed by atoms with Crippen LogP contribution in [-0.4, -0.2) is 25.1 Å². The van der Waals surface area contributed by atoms with Gasteiger partial charge in [-0.05, 0) is 96.5 Å². The summed E-state index contributed by atoms with van der Waals surface area (Å²) < 4.78 is 17.9. The molecule has 0 saturated carbocycles. The van der Waals surface area contributed by atoms with Crippen LogP contribution in [0.1, 0.15) is 30.5 Å². The topological polar surface area (TPSA) is 57.1 Å². The number of carbonyl (C=O) groups is 1. The number of carbonyl (C=O) groups excluding carboxylic acids is 1. The van der Waals surface area contributed by atoms with E-state index in [1.807, 2.05) is 57.2 Å². The van der Waals surface area contributed by atoms with Gasteiger partial charge in [-0.3, -0.25) is 0 Å². The van der Waals surface area contributed by atoms with Gasteiger partial charge in [0, 0.05) is 9.13 Å². The predicted octanol–water partition coefficient (Wildman–Crippen LogP) is 5.30. The van der Waals surface area contributed by atoms with Gasteiger partial charge >= 0.3 is 5.97 Å². The standard InChI is InChI=1S/C23H22INO4/c1-5-27-21-12-16(6-9-20(21)28-13-14(2)3)11-19-23(26)29-22(25-19)17-7-8-18(24)15(4)10-17/h6-12H,2,5,13H2,1,3-4H3/b19-11-. The maximum absolute atomic E-state index is 12.3. The van der Waals surface area contributed by atoms with Crippen LogP contribution in [-0.2, 0) is 9.53 Å². The Hall–Kier alpha value is -2.61. The Morgan fingerprint density at radius 2 is 2.00 bits per heavy atom. The second kappa shape index (κ2) is 9.26. The minimum atomic E-state index is -0.475. The number of aryl methyl sites for hydroxylation is 1. The summed E-state index contributed by atoms with van der Waals surface area (Å²) in [5.74, 6) is 1.07. The fourth-order valence-corrected chi connectivity index (χ4v) is 3.01. The number of halogens is 1. The van der Waals surface area contributed by atoms with Gasteiger partial charge in [0.25, 0.3) is 0 Å². The van der Waals surface area contributed by atoms with E-state index in [1.54, 1.807) is 6.08 Å². The minimum absolute atomic E-state index is 0.245. The summed E-state index contributed by atoms with van der Waals surface area (Å²) in [7, 11) is 0. The Morgan fingerprint density at radius 1 is 1.21 bits per heavy atom. The molecular formula is C23H22INO4. The molecule has 0 saturated heterocycles. The van der Waals surface area contributed by atoms with Gasteiger partial charge in [-0.25, -0.2) is 9.79 Å². The Bertz CT molecular complexity index is 1020. The van der Waals surface area contributed by atoms with E-state index in [0.29, 0.717) is 30.6 Å². The van der Waals surface area contributed by atoms with E-state index < -0.39 is 5.97 Å². The molecule has 0 amide bonds. The average molecular weight is 503 g/mol. The zero-order valence-electron chi connectivity index (χ0n) is 16.6. The Morgan fingerprint density at radius 3 is 2.69 bits per heavy atom. The summed E-state index contributed by atoms with van der Waals surface area (Å²) in [6, 6.07) is 11.3. The van der Waals surface area contributed by atoms with Gasteiger partial charge in [-0.15, -0.1) is 0 Å². The normalized spacial score (nSPS) is 14.6. The lowest BCUT2D eigenvalue weighted by molar-refractivity contribution is -0.129. The van der Waals surface area contributed by atoms with Crippen LogP contribution < -0.4 is 9.47 Å². The third-order valence-corrected chi connectivity index (χ3v) is 5.28. The minimum Gasteiger partial charge on any atom is -0.490 e. The number of nitrogens with zero attached hydrogens (tertiary/aromatic N) is 1. The number of cyclic esters (lactones) is 1. The molecule has 0 fully saturated rings. The van der Waals surface area contributed by atoms with Crippen LogP contribution in [0.2, 0.25) is 0 Å². The molecule has 5 nitrogen and oxygen atoms in total. The van der Waals surface area contributed by atoms with E-state index in [4.69, 9.17) is 14.2 Å². The number of aliphatic imine (C=N–C) groups is 1. The summed E-state index contributed by atoms with van der Waals surface area (Å²) in [5.41, 5.74) is 3.81. The fraction of sp³-hybridized carbons (Fsp3) is 0.217. The summed E-state index contributed by atoms with van der Waals surface area (Å²) in [5, 5.41) is 0.